The third-order valence-electron chi connectivity index (χ3n) is 1.36. The Bertz CT molecular complexity index is 150. The highest BCUT2D eigenvalue weighted by molar-refractivity contribution is 5.26. The van der Waals surface area contributed by atoms with Crippen molar-refractivity contribution in [2.75, 3.05) is 13.6 Å². The average molecular weight is 107 g/mol. The fourth-order valence-electron chi connectivity index (χ4n) is 0.840. The van der Waals surface area contributed by atoms with Gasteiger partial charge in [-0.1, -0.05) is 12.0 Å². The number of allylic oxidation sites excluding steroid dienone is 1. The van der Waals surface area contributed by atoms with Crippen LogP contribution in [-0.4, -0.2) is 18.5 Å². The molecular weight excluding hydrogens is 98.1 g/mol. The Hall–Kier alpha value is -0.900. The second-order valence-electron chi connectivity index (χ2n) is 1.94. The minimum Gasteiger partial charge on any atom is -0.368 e. The van der Waals surface area contributed by atoms with E-state index >= 15 is 0 Å². The Morgan fingerprint density at radius 2 is 2.62 bits per heavy atom. The van der Waals surface area contributed by atoms with E-state index in [1.54, 1.807) is 0 Å². The average Bonchev–Trinajstić information content (AvgIpc) is 2.14. The fourth-order valence-corrected chi connectivity index (χ4v) is 0.840. The Kier molecular flexibility index (Phi) is 1.26. The van der Waals surface area contributed by atoms with E-state index in [4.69, 9.17) is 6.42 Å². The molecule has 0 unspecified atom stereocenters. The van der Waals surface area contributed by atoms with Crippen LogP contribution in [0.3, 0.4) is 0 Å². The van der Waals surface area contributed by atoms with Crippen molar-refractivity contribution in [2.45, 2.75) is 6.42 Å². The second-order valence-corrected chi connectivity index (χ2v) is 1.94. The zero-order chi connectivity index (χ0) is 5.98. The molecule has 0 aromatic heterocycles. The lowest BCUT2D eigenvalue weighted by atomic mass is 10.4. The molecule has 0 aliphatic carbocycles. The lowest BCUT2D eigenvalue weighted by Crippen LogP contribution is -2.11. The van der Waals surface area contributed by atoms with Crippen LogP contribution < -0.4 is 0 Å². The van der Waals surface area contributed by atoms with Crippen LogP contribution in [0.15, 0.2) is 11.8 Å². The van der Waals surface area contributed by atoms with Gasteiger partial charge in [-0.25, -0.2) is 0 Å². The fraction of sp³-hybridized carbons (Fsp3) is 0.429. The highest BCUT2D eigenvalue weighted by atomic mass is 15.1. The minimum absolute atomic E-state index is 1.03. The van der Waals surface area contributed by atoms with Gasteiger partial charge in [0, 0.05) is 13.6 Å². The molecule has 8 heavy (non-hydrogen) atoms. The third kappa shape index (κ3) is 0.696. The number of hydrogen-bond donors (Lipinski definition) is 0. The molecule has 0 bridgehead atoms. The monoisotopic (exact) mass is 107 g/mol. The molecule has 0 saturated heterocycles. The van der Waals surface area contributed by atoms with E-state index in [0.717, 1.165) is 18.7 Å². The number of nitrogens with zero attached hydrogens (tertiary/aromatic N) is 1. The smallest absolute Gasteiger partial charge is 0.0834 e. The van der Waals surface area contributed by atoms with Crippen LogP contribution in [0, 0.1) is 12.3 Å². The molecule has 1 nitrogen and oxygen atoms in total. The molecule has 1 aliphatic heterocycles. The first kappa shape index (κ1) is 5.24. The van der Waals surface area contributed by atoms with Gasteiger partial charge in [0.05, 0.1) is 5.70 Å². The molecule has 0 aromatic carbocycles. The summed E-state index contributed by atoms with van der Waals surface area (Å²) >= 11 is 0. The maximum Gasteiger partial charge on any atom is 0.0834 e. The Balaban J connectivity index is 2.66. The first-order valence-corrected chi connectivity index (χ1v) is 2.72. The van der Waals surface area contributed by atoms with Crippen LogP contribution in [0.4, 0.5) is 0 Å². The quantitative estimate of drug-likeness (QED) is 0.415. The standard InChI is InChI=1S/C7H9N/c1-3-7-5-4-6-8(7)2/h1,5H,4,6H2,2H3. The maximum absolute atomic E-state index is 5.16. The van der Waals surface area contributed by atoms with E-state index in [9.17, 15) is 0 Å². The normalized spacial score (nSPS) is 18.0. The van der Waals surface area contributed by atoms with Crippen LogP contribution in [0.1, 0.15) is 6.42 Å². The van der Waals surface area contributed by atoms with Crippen LogP contribution in [0.5, 0.6) is 0 Å². The molecular formula is C7H9N. The molecule has 1 rings (SSSR count). The van der Waals surface area contributed by atoms with Gasteiger partial charge in [0.15, 0.2) is 0 Å². The summed E-state index contributed by atoms with van der Waals surface area (Å²) in [5.41, 5.74) is 1.03. The second kappa shape index (κ2) is 1.92. The van der Waals surface area contributed by atoms with E-state index in [0.29, 0.717) is 0 Å². The minimum atomic E-state index is 1.03. The maximum atomic E-state index is 5.16. The Labute approximate surface area is 50.0 Å². The summed E-state index contributed by atoms with van der Waals surface area (Å²) < 4.78 is 0. The predicted octanol–water partition coefficient (Wildman–Crippen LogP) is 0.839. The van der Waals surface area contributed by atoms with Gasteiger partial charge in [0.25, 0.3) is 0 Å². The first-order valence-electron chi connectivity index (χ1n) is 2.72. The van der Waals surface area contributed by atoms with Crippen molar-refractivity contribution in [3.8, 4) is 12.3 Å². The molecule has 1 heterocycles. The van der Waals surface area contributed by atoms with Crippen molar-refractivity contribution in [1.29, 1.82) is 0 Å². The molecule has 0 aromatic rings. The van der Waals surface area contributed by atoms with E-state index < -0.39 is 0 Å². The van der Waals surface area contributed by atoms with Gasteiger partial charge in [-0.3, -0.25) is 0 Å². The first-order chi connectivity index (χ1) is 3.84. The largest absolute Gasteiger partial charge is 0.368 e. The molecule has 0 fully saturated rings. The summed E-state index contributed by atoms with van der Waals surface area (Å²) in [6.45, 7) is 1.08. The lowest BCUT2D eigenvalue weighted by molar-refractivity contribution is 0.475. The zero-order valence-electron chi connectivity index (χ0n) is 5.02. The molecule has 42 valence electrons. The zero-order valence-corrected chi connectivity index (χ0v) is 5.02. The van der Waals surface area contributed by atoms with Crippen molar-refractivity contribution in [2.24, 2.45) is 0 Å². The van der Waals surface area contributed by atoms with Crippen LogP contribution in [-0.2, 0) is 0 Å². The van der Waals surface area contributed by atoms with Gasteiger partial charge in [-0.2, -0.15) is 0 Å². The SMILES string of the molecule is C#CC1=CCCN1C. The van der Waals surface area contributed by atoms with E-state index in [1.807, 2.05) is 7.05 Å². The van der Waals surface area contributed by atoms with E-state index in [2.05, 4.69) is 16.9 Å². The summed E-state index contributed by atoms with van der Waals surface area (Å²) in [6, 6.07) is 0. The summed E-state index contributed by atoms with van der Waals surface area (Å²) in [7, 11) is 2.01. The van der Waals surface area contributed by atoms with Crippen LogP contribution in [0.25, 0.3) is 0 Å². The Morgan fingerprint density at radius 1 is 1.88 bits per heavy atom. The van der Waals surface area contributed by atoms with Crippen LogP contribution in [0.2, 0.25) is 0 Å². The van der Waals surface area contributed by atoms with E-state index in [-0.39, 0.29) is 0 Å². The summed E-state index contributed by atoms with van der Waals surface area (Å²) in [5.74, 6) is 2.60. The van der Waals surface area contributed by atoms with Crippen molar-refractivity contribution >= 4 is 0 Å². The molecule has 0 saturated carbocycles. The Morgan fingerprint density at radius 3 is 2.88 bits per heavy atom. The van der Waals surface area contributed by atoms with Crippen molar-refractivity contribution in [1.82, 2.24) is 4.90 Å². The number of rotatable bonds is 0. The highest BCUT2D eigenvalue weighted by Gasteiger charge is 2.05. The predicted molar refractivity (Wildman–Crippen MR) is 34.2 cm³/mol. The van der Waals surface area contributed by atoms with Gasteiger partial charge in [-0.15, -0.1) is 6.42 Å². The van der Waals surface area contributed by atoms with Crippen molar-refractivity contribution in [3.05, 3.63) is 11.8 Å². The van der Waals surface area contributed by atoms with Crippen LogP contribution >= 0.6 is 0 Å². The third-order valence-corrected chi connectivity index (χ3v) is 1.36. The molecule has 0 spiro atoms. The topological polar surface area (TPSA) is 3.24 Å². The van der Waals surface area contributed by atoms with Gasteiger partial charge >= 0.3 is 0 Å². The summed E-state index contributed by atoms with van der Waals surface area (Å²) in [5, 5.41) is 0. The molecule has 0 atom stereocenters. The molecule has 0 radical (unpaired) electrons. The van der Waals surface area contributed by atoms with Gasteiger partial charge in [0.2, 0.25) is 0 Å². The van der Waals surface area contributed by atoms with Gasteiger partial charge in [-0.05, 0) is 6.42 Å². The summed E-state index contributed by atoms with van der Waals surface area (Å²) in [4.78, 5) is 2.08. The lowest BCUT2D eigenvalue weighted by Gasteiger charge is -2.09. The number of terminal acetylenes is 1. The summed E-state index contributed by atoms with van der Waals surface area (Å²) in [6.07, 6.45) is 8.35. The molecule has 0 N–H and O–H groups in total. The molecule has 1 heteroatoms. The van der Waals surface area contributed by atoms with E-state index in [1.165, 1.54) is 0 Å². The molecule has 1 aliphatic rings. The van der Waals surface area contributed by atoms with Gasteiger partial charge in [0.1, 0.15) is 0 Å². The highest BCUT2D eigenvalue weighted by Crippen LogP contribution is 2.09. The molecule has 0 amide bonds. The van der Waals surface area contributed by atoms with Crippen molar-refractivity contribution < 1.29 is 0 Å². The number of hydrogen-bond acceptors (Lipinski definition) is 1. The van der Waals surface area contributed by atoms with Crippen molar-refractivity contribution in [3.63, 3.8) is 0 Å². The van der Waals surface area contributed by atoms with Gasteiger partial charge < -0.3 is 4.90 Å².